The van der Waals surface area contributed by atoms with Crippen LogP contribution in [0, 0.1) is 12.8 Å². The first kappa shape index (κ1) is 16.0. The van der Waals surface area contributed by atoms with Crippen molar-refractivity contribution in [3.8, 4) is 0 Å². The van der Waals surface area contributed by atoms with Gasteiger partial charge in [0.15, 0.2) is 0 Å². The SMILES string of the molecule is CC(=O)NC(C(=O)Nc1ccc(C)cc1Br)C1CCCC1. The molecule has 0 aliphatic heterocycles. The molecule has 0 saturated heterocycles. The number of carbonyl (C=O) groups is 2. The number of carbonyl (C=O) groups excluding carboxylic acids is 2. The van der Waals surface area contributed by atoms with E-state index in [1.807, 2.05) is 25.1 Å². The van der Waals surface area contributed by atoms with Gasteiger partial charge in [-0.1, -0.05) is 18.9 Å². The second kappa shape index (κ2) is 7.07. The Balaban J connectivity index is 2.11. The number of anilines is 1. The zero-order chi connectivity index (χ0) is 15.4. The molecule has 5 heteroatoms. The van der Waals surface area contributed by atoms with Crippen molar-refractivity contribution < 1.29 is 9.59 Å². The Hall–Kier alpha value is -1.36. The van der Waals surface area contributed by atoms with Gasteiger partial charge in [0.1, 0.15) is 6.04 Å². The fraction of sp³-hybridized carbons (Fsp3) is 0.500. The molecule has 1 unspecified atom stereocenters. The molecule has 2 amide bonds. The van der Waals surface area contributed by atoms with Crippen molar-refractivity contribution in [2.24, 2.45) is 5.92 Å². The van der Waals surface area contributed by atoms with E-state index in [2.05, 4.69) is 26.6 Å². The van der Waals surface area contributed by atoms with Gasteiger partial charge in [-0.3, -0.25) is 9.59 Å². The van der Waals surface area contributed by atoms with Crippen molar-refractivity contribution in [3.05, 3.63) is 28.2 Å². The molecule has 2 rings (SSSR count). The van der Waals surface area contributed by atoms with Crippen LogP contribution in [0.25, 0.3) is 0 Å². The maximum Gasteiger partial charge on any atom is 0.247 e. The van der Waals surface area contributed by atoms with E-state index >= 15 is 0 Å². The highest BCUT2D eigenvalue weighted by Crippen LogP contribution is 2.29. The molecule has 0 aromatic heterocycles. The highest BCUT2D eigenvalue weighted by molar-refractivity contribution is 9.10. The Morgan fingerprint density at radius 3 is 2.52 bits per heavy atom. The summed E-state index contributed by atoms with van der Waals surface area (Å²) in [4.78, 5) is 23.9. The van der Waals surface area contributed by atoms with Crippen LogP contribution in [0.5, 0.6) is 0 Å². The molecule has 0 heterocycles. The second-order valence-electron chi connectivity index (χ2n) is 5.70. The molecule has 1 aliphatic carbocycles. The largest absolute Gasteiger partial charge is 0.344 e. The Labute approximate surface area is 133 Å². The molecular formula is C16H21BrN2O2. The number of rotatable bonds is 4. The van der Waals surface area contributed by atoms with Crippen molar-refractivity contribution in [3.63, 3.8) is 0 Å². The molecule has 1 aromatic carbocycles. The summed E-state index contributed by atoms with van der Waals surface area (Å²) < 4.78 is 0.851. The smallest absolute Gasteiger partial charge is 0.247 e. The fourth-order valence-corrected chi connectivity index (χ4v) is 3.43. The number of benzene rings is 1. The van der Waals surface area contributed by atoms with Crippen LogP contribution in [0.3, 0.4) is 0 Å². The zero-order valence-corrected chi connectivity index (χ0v) is 14.0. The van der Waals surface area contributed by atoms with E-state index in [1.54, 1.807) is 0 Å². The lowest BCUT2D eigenvalue weighted by Crippen LogP contribution is -2.47. The summed E-state index contributed by atoms with van der Waals surface area (Å²) in [6.07, 6.45) is 4.24. The molecule has 0 spiro atoms. The minimum atomic E-state index is -0.446. The van der Waals surface area contributed by atoms with Crippen molar-refractivity contribution in [1.82, 2.24) is 5.32 Å². The summed E-state index contributed by atoms with van der Waals surface area (Å²) in [7, 11) is 0. The van der Waals surface area contributed by atoms with Gasteiger partial charge in [0, 0.05) is 11.4 Å². The van der Waals surface area contributed by atoms with E-state index in [-0.39, 0.29) is 17.7 Å². The number of nitrogens with one attached hydrogen (secondary N) is 2. The standard InChI is InChI=1S/C16H21BrN2O2/c1-10-7-8-14(13(17)9-10)19-16(21)15(18-11(2)20)12-5-3-4-6-12/h7-9,12,15H,3-6H2,1-2H3,(H,18,20)(H,19,21). The number of hydrogen-bond acceptors (Lipinski definition) is 2. The maximum absolute atomic E-state index is 12.5. The molecule has 2 N–H and O–H groups in total. The molecule has 0 radical (unpaired) electrons. The van der Waals surface area contributed by atoms with E-state index in [1.165, 1.54) is 6.92 Å². The Morgan fingerprint density at radius 1 is 1.29 bits per heavy atom. The van der Waals surface area contributed by atoms with Gasteiger partial charge >= 0.3 is 0 Å². The van der Waals surface area contributed by atoms with Crippen LogP contribution in [-0.4, -0.2) is 17.9 Å². The quantitative estimate of drug-likeness (QED) is 0.872. The van der Waals surface area contributed by atoms with E-state index in [4.69, 9.17) is 0 Å². The van der Waals surface area contributed by atoms with Gasteiger partial charge in [0.05, 0.1) is 5.69 Å². The predicted molar refractivity (Wildman–Crippen MR) is 87.1 cm³/mol. The normalized spacial score (nSPS) is 16.5. The molecule has 1 atom stereocenters. The zero-order valence-electron chi connectivity index (χ0n) is 12.4. The molecule has 21 heavy (non-hydrogen) atoms. The molecule has 1 saturated carbocycles. The third-order valence-electron chi connectivity index (χ3n) is 3.89. The summed E-state index contributed by atoms with van der Waals surface area (Å²) in [6, 6.07) is 5.33. The van der Waals surface area contributed by atoms with E-state index in [9.17, 15) is 9.59 Å². The second-order valence-corrected chi connectivity index (χ2v) is 6.55. The highest BCUT2D eigenvalue weighted by Gasteiger charge is 2.31. The lowest BCUT2D eigenvalue weighted by molar-refractivity contribution is -0.126. The van der Waals surface area contributed by atoms with E-state index < -0.39 is 6.04 Å². The molecule has 1 aliphatic rings. The average molecular weight is 353 g/mol. The summed E-state index contributed by atoms with van der Waals surface area (Å²) in [6.45, 7) is 3.45. The molecule has 4 nitrogen and oxygen atoms in total. The van der Waals surface area contributed by atoms with Crippen LogP contribution in [0.1, 0.15) is 38.2 Å². The highest BCUT2D eigenvalue weighted by atomic mass is 79.9. The van der Waals surface area contributed by atoms with Gasteiger partial charge in [0.2, 0.25) is 11.8 Å². The van der Waals surface area contributed by atoms with Crippen LogP contribution in [0.15, 0.2) is 22.7 Å². The van der Waals surface area contributed by atoms with Crippen LogP contribution in [0.4, 0.5) is 5.69 Å². The van der Waals surface area contributed by atoms with Crippen LogP contribution >= 0.6 is 15.9 Å². The Kier molecular flexibility index (Phi) is 5.39. The van der Waals surface area contributed by atoms with E-state index in [0.29, 0.717) is 0 Å². The average Bonchev–Trinajstić information content (AvgIpc) is 2.92. The molecule has 114 valence electrons. The van der Waals surface area contributed by atoms with Gasteiger partial charge in [-0.25, -0.2) is 0 Å². The minimum absolute atomic E-state index is 0.137. The predicted octanol–water partition coefficient (Wildman–Crippen LogP) is 3.39. The van der Waals surface area contributed by atoms with Crippen molar-refractivity contribution in [2.75, 3.05) is 5.32 Å². The molecular weight excluding hydrogens is 332 g/mol. The van der Waals surface area contributed by atoms with Gasteiger partial charge in [-0.15, -0.1) is 0 Å². The number of halogens is 1. The molecule has 1 fully saturated rings. The number of aryl methyl sites for hydroxylation is 1. The maximum atomic E-state index is 12.5. The monoisotopic (exact) mass is 352 g/mol. The van der Waals surface area contributed by atoms with Crippen LogP contribution in [-0.2, 0) is 9.59 Å². The van der Waals surface area contributed by atoms with Gasteiger partial charge in [0.25, 0.3) is 0 Å². The van der Waals surface area contributed by atoms with Gasteiger partial charge in [-0.05, 0) is 59.3 Å². The summed E-state index contributed by atoms with van der Waals surface area (Å²) in [5.74, 6) is -0.0650. The number of hydrogen-bond donors (Lipinski definition) is 2. The summed E-state index contributed by atoms with van der Waals surface area (Å²) >= 11 is 3.46. The summed E-state index contributed by atoms with van der Waals surface area (Å²) in [5.41, 5.74) is 1.85. The van der Waals surface area contributed by atoms with E-state index in [0.717, 1.165) is 41.4 Å². The van der Waals surface area contributed by atoms with Crippen molar-refractivity contribution in [1.29, 1.82) is 0 Å². The van der Waals surface area contributed by atoms with Crippen LogP contribution < -0.4 is 10.6 Å². The topological polar surface area (TPSA) is 58.2 Å². The van der Waals surface area contributed by atoms with Crippen LogP contribution in [0.2, 0.25) is 0 Å². The Bertz CT molecular complexity index is 539. The number of amides is 2. The van der Waals surface area contributed by atoms with Gasteiger partial charge in [-0.2, -0.15) is 0 Å². The third-order valence-corrected chi connectivity index (χ3v) is 4.55. The van der Waals surface area contributed by atoms with Gasteiger partial charge < -0.3 is 10.6 Å². The lowest BCUT2D eigenvalue weighted by atomic mass is 9.97. The first-order chi connectivity index (χ1) is 9.97. The molecule has 1 aromatic rings. The lowest BCUT2D eigenvalue weighted by Gasteiger charge is -2.23. The molecule has 0 bridgehead atoms. The first-order valence-corrected chi connectivity index (χ1v) is 8.11. The minimum Gasteiger partial charge on any atom is -0.344 e. The third kappa shape index (κ3) is 4.30. The van der Waals surface area contributed by atoms with Crippen molar-refractivity contribution in [2.45, 2.75) is 45.6 Å². The van der Waals surface area contributed by atoms with Crippen molar-refractivity contribution >= 4 is 33.4 Å². The first-order valence-electron chi connectivity index (χ1n) is 7.31. The Morgan fingerprint density at radius 2 is 1.95 bits per heavy atom. The fourth-order valence-electron chi connectivity index (χ4n) is 2.84. The summed E-state index contributed by atoms with van der Waals surface area (Å²) in [5, 5.41) is 5.73.